The smallest absolute Gasteiger partial charge is 0.0495 e. The molecule has 2 aliphatic carbocycles. The lowest BCUT2D eigenvalue weighted by atomic mass is 9.63. The second kappa shape index (κ2) is 11.2. The topological polar surface area (TPSA) is 18.5 Å². The van der Waals surface area contributed by atoms with Gasteiger partial charge in [0, 0.05) is 53.5 Å². The summed E-state index contributed by atoms with van der Waals surface area (Å²) in [5.41, 5.74) is 4.95. The highest BCUT2D eigenvalue weighted by Crippen LogP contribution is 2.50. The van der Waals surface area contributed by atoms with Crippen molar-refractivity contribution in [2.45, 2.75) is 86.3 Å². The van der Waals surface area contributed by atoms with E-state index in [1.165, 1.54) is 114 Å². The molecule has 4 fully saturated rings. The first-order chi connectivity index (χ1) is 18.8. The lowest BCUT2D eigenvalue weighted by Crippen LogP contribution is -2.59. The Morgan fingerprint density at radius 2 is 1.47 bits per heavy atom. The van der Waals surface area contributed by atoms with E-state index < -0.39 is 0 Å². The monoisotopic (exact) mass is 529 g/mol. The number of hydrogen-bond acceptors (Lipinski definition) is 4. The molecule has 2 aromatic rings. The lowest BCUT2D eigenvalue weighted by Gasteiger charge is -2.53. The molecule has 0 bridgehead atoms. The summed E-state index contributed by atoms with van der Waals surface area (Å²) in [7, 11) is 0. The molecule has 1 unspecified atom stereocenters. The lowest BCUT2D eigenvalue weighted by molar-refractivity contribution is 0.0492. The minimum Gasteiger partial charge on any atom is -0.371 e. The number of piperidine rings is 1. The molecule has 1 atom stereocenters. The third-order valence-electron chi connectivity index (χ3n) is 10.8. The van der Waals surface area contributed by atoms with Gasteiger partial charge in [-0.05, 0) is 105 Å². The Balaban J connectivity index is 0.933. The van der Waals surface area contributed by atoms with E-state index >= 15 is 0 Å². The third kappa shape index (κ3) is 4.95. The molecule has 7 rings (SSSR count). The maximum Gasteiger partial charge on any atom is 0.0495 e. The van der Waals surface area contributed by atoms with E-state index in [2.05, 4.69) is 75.4 Å². The number of thioether (sulfide) groups is 1. The fourth-order valence-electron chi connectivity index (χ4n) is 8.85. The average Bonchev–Trinajstić information content (AvgIpc) is 3.66. The van der Waals surface area contributed by atoms with Gasteiger partial charge in [0.1, 0.15) is 0 Å². The van der Waals surface area contributed by atoms with Crippen LogP contribution in [0, 0.1) is 17.8 Å². The van der Waals surface area contributed by atoms with Crippen LogP contribution in [0.3, 0.4) is 0 Å². The zero-order chi connectivity index (χ0) is 25.4. The molecule has 4 heteroatoms. The van der Waals surface area contributed by atoms with Gasteiger partial charge < -0.3 is 15.1 Å². The van der Waals surface area contributed by atoms with Crippen molar-refractivity contribution >= 4 is 17.4 Å². The van der Waals surface area contributed by atoms with E-state index in [0.29, 0.717) is 0 Å². The zero-order valence-corrected chi connectivity index (χ0v) is 24.1. The summed E-state index contributed by atoms with van der Waals surface area (Å²) in [6.07, 6.45) is 15.3. The first-order valence-corrected chi connectivity index (χ1v) is 16.7. The molecular weight excluding hydrogens is 482 g/mol. The normalized spacial score (nSPS) is 28.1. The Morgan fingerprint density at radius 1 is 0.789 bits per heavy atom. The fraction of sp³-hybridized carbons (Fsp3) is 0.647. The number of benzene rings is 2. The number of nitrogens with zero attached hydrogens (tertiary/aromatic N) is 2. The first kappa shape index (κ1) is 25.5. The maximum atomic E-state index is 4.20. The molecule has 1 N–H and O–H groups in total. The predicted molar refractivity (Wildman–Crippen MR) is 161 cm³/mol. The van der Waals surface area contributed by atoms with Gasteiger partial charge in [0.15, 0.2) is 0 Å². The van der Waals surface area contributed by atoms with Gasteiger partial charge in [-0.1, -0.05) is 49.9 Å². The molecule has 3 nitrogen and oxygen atoms in total. The summed E-state index contributed by atoms with van der Waals surface area (Å²) < 4.78 is 0. The number of nitrogens with one attached hydrogen (secondary N) is 1. The zero-order valence-electron chi connectivity index (χ0n) is 23.3. The van der Waals surface area contributed by atoms with Gasteiger partial charge in [0.25, 0.3) is 0 Å². The average molecular weight is 530 g/mol. The summed E-state index contributed by atoms with van der Waals surface area (Å²) in [5.74, 6) is 2.43. The van der Waals surface area contributed by atoms with Gasteiger partial charge in [0.2, 0.25) is 0 Å². The van der Waals surface area contributed by atoms with Crippen molar-refractivity contribution in [2.24, 2.45) is 17.8 Å². The number of likely N-dealkylation sites (tertiary alicyclic amines) is 1. The molecule has 0 radical (unpaired) electrons. The molecule has 38 heavy (non-hydrogen) atoms. The van der Waals surface area contributed by atoms with Crippen molar-refractivity contribution in [2.75, 3.05) is 44.2 Å². The number of hydrogen-bond donors (Lipinski definition) is 1. The second-order valence-electron chi connectivity index (χ2n) is 13.0. The number of anilines is 1. The van der Waals surface area contributed by atoms with Crippen LogP contribution >= 0.6 is 11.8 Å². The minimum atomic E-state index is 0.229. The van der Waals surface area contributed by atoms with Gasteiger partial charge in [0.05, 0.1) is 0 Å². The van der Waals surface area contributed by atoms with E-state index in [0.717, 1.165) is 29.5 Å². The Labute approximate surface area is 235 Å². The highest BCUT2D eigenvalue weighted by Gasteiger charge is 2.50. The fourth-order valence-corrected chi connectivity index (χ4v) is 10.1. The Morgan fingerprint density at radius 3 is 2.24 bits per heavy atom. The van der Waals surface area contributed by atoms with Gasteiger partial charge in [-0.25, -0.2) is 0 Å². The van der Waals surface area contributed by atoms with E-state index in [-0.39, 0.29) is 5.54 Å². The van der Waals surface area contributed by atoms with E-state index in [1.54, 1.807) is 11.1 Å². The first-order valence-electron chi connectivity index (χ1n) is 15.9. The van der Waals surface area contributed by atoms with Crippen LogP contribution in [0.4, 0.5) is 5.69 Å². The van der Waals surface area contributed by atoms with Gasteiger partial charge in [-0.2, -0.15) is 0 Å². The van der Waals surface area contributed by atoms with Gasteiger partial charge >= 0.3 is 0 Å². The molecule has 0 spiro atoms. The van der Waals surface area contributed by atoms with Crippen molar-refractivity contribution in [3.8, 4) is 0 Å². The van der Waals surface area contributed by atoms with Crippen LogP contribution in [-0.2, 0) is 12.0 Å². The molecule has 3 aliphatic heterocycles. The Kier molecular flexibility index (Phi) is 7.49. The van der Waals surface area contributed by atoms with Crippen LogP contribution in [0.15, 0.2) is 53.4 Å². The SMILES string of the molecule is c1ccc2c(c1)CCNC2(C1CCCC1)C1CCN(CC2CN(c3ccc(SC4CCCC4)cc3)C2)CC1. The summed E-state index contributed by atoms with van der Waals surface area (Å²) in [6, 6.07) is 18.9. The van der Waals surface area contributed by atoms with Gasteiger partial charge in [-0.15, -0.1) is 11.8 Å². The Bertz CT molecular complexity index is 1060. The summed E-state index contributed by atoms with van der Waals surface area (Å²) in [4.78, 5) is 6.86. The number of rotatable bonds is 7. The summed E-state index contributed by atoms with van der Waals surface area (Å²) >= 11 is 2.11. The van der Waals surface area contributed by atoms with Crippen molar-refractivity contribution in [1.29, 1.82) is 0 Å². The molecule has 0 aromatic heterocycles. The van der Waals surface area contributed by atoms with Crippen LogP contribution < -0.4 is 10.2 Å². The summed E-state index contributed by atoms with van der Waals surface area (Å²) in [6.45, 7) is 7.48. The molecule has 2 saturated carbocycles. The molecule has 2 saturated heterocycles. The quantitative estimate of drug-likeness (QED) is 0.412. The maximum absolute atomic E-state index is 4.20. The summed E-state index contributed by atoms with van der Waals surface area (Å²) in [5, 5.41) is 5.06. The molecular formula is C34H47N3S. The number of fused-ring (bicyclic) bond motifs is 1. The second-order valence-corrected chi connectivity index (χ2v) is 14.4. The van der Waals surface area contributed by atoms with Gasteiger partial charge in [-0.3, -0.25) is 0 Å². The van der Waals surface area contributed by atoms with Crippen LogP contribution in [0.2, 0.25) is 0 Å². The van der Waals surface area contributed by atoms with E-state index in [4.69, 9.17) is 0 Å². The van der Waals surface area contributed by atoms with Crippen molar-refractivity contribution < 1.29 is 0 Å². The minimum absolute atomic E-state index is 0.229. The van der Waals surface area contributed by atoms with E-state index in [1.807, 2.05) is 0 Å². The molecule has 3 heterocycles. The molecule has 0 amide bonds. The van der Waals surface area contributed by atoms with E-state index in [9.17, 15) is 0 Å². The highest BCUT2D eigenvalue weighted by molar-refractivity contribution is 8.00. The molecule has 204 valence electrons. The van der Waals surface area contributed by atoms with Crippen LogP contribution in [0.25, 0.3) is 0 Å². The predicted octanol–water partition coefficient (Wildman–Crippen LogP) is 7.10. The van der Waals surface area contributed by atoms with Crippen LogP contribution in [0.5, 0.6) is 0 Å². The standard InChI is InChI=1S/C34H47N3S/c1-6-12-33-27(7-1)17-20-35-34(33,28-8-2-3-9-28)29-18-21-36(22-19-29)23-26-24-37(25-26)30-13-15-32(16-14-30)38-31-10-4-5-11-31/h1,6-7,12-16,26,28-29,31,35H,2-5,8-11,17-25H2. The van der Waals surface area contributed by atoms with Crippen molar-refractivity contribution in [3.05, 3.63) is 59.7 Å². The third-order valence-corrected chi connectivity index (χ3v) is 12.1. The highest BCUT2D eigenvalue weighted by atomic mass is 32.2. The molecule has 5 aliphatic rings. The molecule has 2 aromatic carbocycles. The van der Waals surface area contributed by atoms with Crippen LogP contribution in [0.1, 0.15) is 75.3 Å². The van der Waals surface area contributed by atoms with Crippen LogP contribution in [-0.4, -0.2) is 49.4 Å². The van der Waals surface area contributed by atoms with Crippen molar-refractivity contribution in [3.63, 3.8) is 0 Å². The largest absolute Gasteiger partial charge is 0.371 e. The Hall–Kier alpha value is -1.49. The van der Waals surface area contributed by atoms with Crippen molar-refractivity contribution in [1.82, 2.24) is 10.2 Å².